The van der Waals surface area contributed by atoms with Gasteiger partial charge in [-0.15, -0.1) is 0 Å². The van der Waals surface area contributed by atoms with E-state index in [9.17, 15) is 9.90 Å². The maximum atomic E-state index is 12.7. The Labute approximate surface area is 175 Å². The maximum absolute atomic E-state index is 12.7. The predicted molar refractivity (Wildman–Crippen MR) is 118 cm³/mol. The number of carbonyl (C=O) groups is 1. The van der Waals surface area contributed by atoms with Gasteiger partial charge in [0.05, 0.1) is 31.2 Å². The highest BCUT2D eigenvalue weighted by Gasteiger charge is 2.16. The van der Waals surface area contributed by atoms with Crippen LogP contribution in [-0.2, 0) is 0 Å². The second-order valence-electron chi connectivity index (χ2n) is 6.36. The van der Waals surface area contributed by atoms with Crippen LogP contribution >= 0.6 is 0 Å². The monoisotopic (exact) mass is 410 g/mol. The van der Waals surface area contributed by atoms with Gasteiger partial charge in [-0.1, -0.05) is 24.3 Å². The molecule has 0 heterocycles. The summed E-state index contributed by atoms with van der Waals surface area (Å²) in [5.41, 5.74) is 1.09. The SMILES string of the molecule is CCOc1cc(NC(=O)Nc2cccc3c(O)cccc23)cc(OCC)c1OCC. The first-order valence-corrected chi connectivity index (χ1v) is 9.92. The summed E-state index contributed by atoms with van der Waals surface area (Å²) in [4.78, 5) is 12.7. The van der Waals surface area contributed by atoms with Crippen molar-refractivity contribution >= 4 is 28.2 Å². The van der Waals surface area contributed by atoms with E-state index in [1.807, 2.05) is 26.8 Å². The molecule has 0 fully saturated rings. The number of phenolic OH excluding ortho intramolecular Hbond substituents is 1. The van der Waals surface area contributed by atoms with Gasteiger partial charge < -0.3 is 30.0 Å². The molecule has 2 amide bonds. The van der Waals surface area contributed by atoms with E-state index in [1.165, 1.54) is 0 Å². The topological polar surface area (TPSA) is 89.1 Å². The summed E-state index contributed by atoms with van der Waals surface area (Å²) in [5, 5.41) is 17.1. The van der Waals surface area contributed by atoms with Gasteiger partial charge in [0.15, 0.2) is 11.5 Å². The third-order valence-electron chi connectivity index (χ3n) is 4.31. The fourth-order valence-corrected chi connectivity index (χ4v) is 3.15. The molecule has 30 heavy (non-hydrogen) atoms. The molecule has 0 aliphatic rings. The molecule has 0 unspecified atom stereocenters. The van der Waals surface area contributed by atoms with Gasteiger partial charge in [-0.3, -0.25) is 0 Å². The number of nitrogens with one attached hydrogen (secondary N) is 2. The van der Waals surface area contributed by atoms with Crippen molar-refractivity contribution in [2.24, 2.45) is 0 Å². The van der Waals surface area contributed by atoms with Crippen molar-refractivity contribution in [1.29, 1.82) is 0 Å². The normalized spacial score (nSPS) is 10.5. The number of ether oxygens (including phenoxy) is 3. The maximum Gasteiger partial charge on any atom is 0.323 e. The van der Waals surface area contributed by atoms with E-state index in [2.05, 4.69) is 10.6 Å². The Kier molecular flexibility index (Phi) is 6.85. The summed E-state index contributed by atoms with van der Waals surface area (Å²) in [6, 6.07) is 13.5. The lowest BCUT2D eigenvalue weighted by Crippen LogP contribution is -2.19. The molecule has 3 N–H and O–H groups in total. The first-order valence-electron chi connectivity index (χ1n) is 9.92. The largest absolute Gasteiger partial charge is 0.507 e. The van der Waals surface area contributed by atoms with Crippen molar-refractivity contribution in [2.75, 3.05) is 30.5 Å². The summed E-state index contributed by atoms with van der Waals surface area (Å²) in [5.74, 6) is 1.66. The number of hydrogen-bond acceptors (Lipinski definition) is 5. The highest BCUT2D eigenvalue weighted by Crippen LogP contribution is 2.41. The average Bonchev–Trinajstić information content (AvgIpc) is 2.72. The molecule has 0 atom stereocenters. The van der Waals surface area contributed by atoms with Gasteiger partial charge >= 0.3 is 6.03 Å². The molecule has 0 spiro atoms. The molecule has 0 radical (unpaired) electrons. The third kappa shape index (κ3) is 4.68. The number of urea groups is 1. The molecule has 3 aromatic rings. The first kappa shape index (κ1) is 21.1. The Bertz CT molecular complexity index is 1010. The second-order valence-corrected chi connectivity index (χ2v) is 6.36. The van der Waals surface area contributed by atoms with Gasteiger partial charge in [0.2, 0.25) is 5.75 Å². The number of benzene rings is 3. The van der Waals surface area contributed by atoms with Gasteiger partial charge in [-0.25, -0.2) is 4.79 Å². The summed E-state index contributed by atoms with van der Waals surface area (Å²) < 4.78 is 17.1. The number of anilines is 2. The number of amides is 2. The van der Waals surface area contributed by atoms with E-state index in [-0.39, 0.29) is 5.75 Å². The molecule has 0 saturated heterocycles. The van der Waals surface area contributed by atoms with Crippen molar-refractivity contribution in [3.05, 3.63) is 48.5 Å². The lowest BCUT2D eigenvalue weighted by molar-refractivity contribution is 0.260. The predicted octanol–water partition coefficient (Wildman–Crippen LogP) is 5.39. The number of aromatic hydroxyl groups is 1. The third-order valence-corrected chi connectivity index (χ3v) is 4.31. The van der Waals surface area contributed by atoms with Crippen LogP contribution in [0.4, 0.5) is 16.2 Å². The number of rotatable bonds is 8. The molecule has 0 aliphatic carbocycles. The number of phenols is 1. The second kappa shape index (κ2) is 9.73. The van der Waals surface area contributed by atoms with Gasteiger partial charge in [-0.2, -0.15) is 0 Å². The average molecular weight is 410 g/mol. The molecule has 0 aliphatic heterocycles. The van der Waals surface area contributed by atoms with Crippen LogP contribution in [-0.4, -0.2) is 31.0 Å². The highest BCUT2D eigenvalue weighted by atomic mass is 16.5. The molecule has 158 valence electrons. The van der Waals surface area contributed by atoms with Crippen molar-refractivity contribution in [2.45, 2.75) is 20.8 Å². The van der Waals surface area contributed by atoms with Crippen LogP contribution in [0.15, 0.2) is 48.5 Å². The van der Waals surface area contributed by atoms with E-state index in [4.69, 9.17) is 14.2 Å². The Morgan fingerprint density at radius 3 is 2.07 bits per heavy atom. The van der Waals surface area contributed by atoms with E-state index in [0.717, 1.165) is 5.39 Å². The number of hydrogen-bond donors (Lipinski definition) is 3. The van der Waals surface area contributed by atoms with E-state index >= 15 is 0 Å². The van der Waals surface area contributed by atoms with Gasteiger partial charge in [0, 0.05) is 22.9 Å². The minimum Gasteiger partial charge on any atom is -0.507 e. The molecular weight excluding hydrogens is 384 g/mol. The lowest BCUT2D eigenvalue weighted by Gasteiger charge is -2.18. The van der Waals surface area contributed by atoms with Crippen LogP contribution in [0.2, 0.25) is 0 Å². The fourth-order valence-electron chi connectivity index (χ4n) is 3.15. The highest BCUT2D eigenvalue weighted by molar-refractivity contribution is 6.07. The van der Waals surface area contributed by atoms with Crippen LogP contribution in [0.1, 0.15) is 20.8 Å². The van der Waals surface area contributed by atoms with Crippen LogP contribution in [0.25, 0.3) is 10.8 Å². The molecule has 0 aromatic heterocycles. The zero-order chi connectivity index (χ0) is 21.5. The van der Waals surface area contributed by atoms with Crippen LogP contribution < -0.4 is 24.8 Å². The first-order chi connectivity index (χ1) is 14.6. The minimum absolute atomic E-state index is 0.158. The molecule has 3 rings (SSSR count). The smallest absolute Gasteiger partial charge is 0.323 e. The van der Waals surface area contributed by atoms with Crippen molar-refractivity contribution < 1.29 is 24.1 Å². The Hall–Kier alpha value is -3.61. The standard InChI is InChI=1S/C23H26N2O5/c1-4-28-20-13-15(14-21(29-5-2)22(20)30-6-3)24-23(27)25-18-11-7-10-17-16(18)9-8-12-19(17)26/h7-14,26H,4-6H2,1-3H3,(H2,24,25,27). The van der Waals surface area contributed by atoms with Crippen LogP contribution in [0, 0.1) is 0 Å². The molecule has 0 saturated carbocycles. The van der Waals surface area contributed by atoms with E-state index in [0.29, 0.717) is 53.8 Å². The molecule has 3 aromatic carbocycles. The van der Waals surface area contributed by atoms with Crippen LogP contribution in [0.3, 0.4) is 0 Å². The Balaban J connectivity index is 1.87. The van der Waals surface area contributed by atoms with Crippen molar-refractivity contribution in [3.8, 4) is 23.0 Å². The lowest BCUT2D eigenvalue weighted by atomic mass is 10.1. The zero-order valence-corrected chi connectivity index (χ0v) is 17.3. The Morgan fingerprint density at radius 2 is 1.43 bits per heavy atom. The zero-order valence-electron chi connectivity index (χ0n) is 17.3. The summed E-state index contributed by atoms with van der Waals surface area (Å²) in [6.07, 6.45) is 0. The number of carbonyl (C=O) groups excluding carboxylic acids is 1. The van der Waals surface area contributed by atoms with Crippen LogP contribution in [0.5, 0.6) is 23.0 Å². The molecular formula is C23H26N2O5. The Morgan fingerprint density at radius 1 is 0.833 bits per heavy atom. The summed E-state index contributed by atoms with van der Waals surface area (Å²) in [6.45, 7) is 6.98. The minimum atomic E-state index is -0.431. The van der Waals surface area contributed by atoms with Crippen molar-refractivity contribution in [1.82, 2.24) is 0 Å². The summed E-state index contributed by atoms with van der Waals surface area (Å²) in [7, 11) is 0. The van der Waals surface area contributed by atoms with Gasteiger partial charge in [0.25, 0.3) is 0 Å². The van der Waals surface area contributed by atoms with E-state index < -0.39 is 6.03 Å². The molecule has 7 heteroatoms. The number of fused-ring (bicyclic) bond motifs is 1. The molecule has 0 bridgehead atoms. The van der Waals surface area contributed by atoms with E-state index in [1.54, 1.807) is 42.5 Å². The van der Waals surface area contributed by atoms with Gasteiger partial charge in [0.1, 0.15) is 5.75 Å². The van der Waals surface area contributed by atoms with Gasteiger partial charge in [-0.05, 0) is 32.9 Å². The van der Waals surface area contributed by atoms with Crippen molar-refractivity contribution in [3.63, 3.8) is 0 Å². The molecule has 7 nitrogen and oxygen atoms in total. The quantitative estimate of drug-likeness (QED) is 0.464. The summed E-state index contributed by atoms with van der Waals surface area (Å²) >= 11 is 0. The fraction of sp³-hybridized carbons (Fsp3) is 0.261.